The van der Waals surface area contributed by atoms with Crippen LogP contribution in [0.25, 0.3) is 10.4 Å². The minimum atomic E-state index is -4.78. The van der Waals surface area contributed by atoms with Gasteiger partial charge >= 0.3 is 6.18 Å². The average Bonchev–Trinajstić information content (AvgIpc) is 3.17. The first-order valence-electron chi connectivity index (χ1n) is 11.5. The Balaban J connectivity index is 1.73. The van der Waals surface area contributed by atoms with Gasteiger partial charge in [0.25, 0.3) is 5.91 Å². The third-order valence-corrected chi connectivity index (χ3v) is 9.16. The van der Waals surface area contributed by atoms with Crippen molar-refractivity contribution in [2.75, 3.05) is 6.54 Å². The van der Waals surface area contributed by atoms with Crippen molar-refractivity contribution < 1.29 is 35.9 Å². The van der Waals surface area contributed by atoms with E-state index in [0.29, 0.717) is 23.1 Å². The van der Waals surface area contributed by atoms with E-state index in [1.165, 1.54) is 19.9 Å². The SMILES string of the molecule is C[C@H](NS(=O)(=O)c1ccc2c(c1)C(F)C(C1CCC1)c1nc(C(=O)NCC(C)(C)O)sc1-2)C(F)(F)F. The van der Waals surface area contributed by atoms with E-state index < -0.39 is 50.7 Å². The van der Waals surface area contributed by atoms with Gasteiger partial charge in [-0.2, -0.15) is 17.9 Å². The first-order valence-corrected chi connectivity index (χ1v) is 13.8. The first kappa shape index (κ1) is 27.0. The van der Waals surface area contributed by atoms with Crippen LogP contribution in [0.4, 0.5) is 17.6 Å². The van der Waals surface area contributed by atoms with Crippen LogP contribution >= 0.6 is 11.3 Å². The number of rotatable bonds is 7. The van der Waals surface area contributed by atoms with Crippen LogP contribution in [0.5, 0.6) is 0 Å². The third kappa shape index (κ3) is 5.29. The van der Waals surface area contributed by atoms with Crippen molar-refractivity contribution in [2.45, 2.75) is 74.8 Å². The highest BCUT2D eigenvalue weighted by Crippen LogP contribution is 2.56. The van der Waals surface area contributed by atoms with E-state index in [-0.39, 0.29) is 23.0 Å². The number of sulfonamides is 1. The van der Waals surface area contributed by atoms with Crippen molar-refractivity contribution in [3.05, 3.63) is 34.5 Å². The van der Waals surface area contributed by atoms with Crippen LogP contribution in [0.1, 0.15) is 73.2 Å². The van der Waals surface area contributed by atoms with Crippen molar-refractivity contribution in [1.82, 2.24) is 15.0 Å². The molecule has 0 bridgehead atoms. The van der Waals surface area contributed by atoms with E-state index in [0.717, 1.165) is 42.7 Å². The Bertz CT molecular complexity index is 1270. The molecule has 1 aromatic heterocycles. The molecule has 2 unspecified atom stereocenters. The van der Waals surface area contributed by atoms with Gasteiger partial charge in [0.1, 0.15) is 12.2 Å². The summed E-state index contributed by atoms with van der Waals surface area (Å²) in [4.78, 5) is 17.2. The molecule has 0 saturated heterocycles. The number of amides is 1. The maximum absolute atomic E-state index is 16.0. The number of aromatic nitrogens is 1. The predicted molar refractivity (Wildman–Crippen MR) is 126 cm³/mol. The third-order valence-electron chi connectivity index (χ3n) is 6.52. The van der Waals surface area contributed by atoms with Gasteiger partial charge in [-0.15, -0.1) is 11.3 Å². The summed E-state index contributed by atoms with van der Waals surface area (Å²) in [6.45, 7) is 3.74. The van der Waals surface area contributed by atoms with Crippen molar-refractivity contribution in [2.24, 2.45) is 5.92 Å². The number of nitrogens with one attached hydrogen (secondary N) is 2. The molecule has 198 valence electrons. The summed E-state index contributed by atoms with van der Waals surface area (Å²) in [5.74, 6) is -1.27. The number of fused-ring (bicyclic) bond motifs is 3. The van der Waals surface area contributed by atoms with Crippen LogP contribution < -0.4 is 10.0 Å². The highest BCUT2D eigenvalue weighted by Gasteiger charge is 2.44. The van der Waals surface area contributed by atoms with Crippen LogP contribution in [0.3, 0.4) is 0 Å². The zero-order chi connectivity index (χ0) is 26.6. The topological polar surface area (TPSA) is 108 Å². The van der Waals surface area contributed by atoms with E-state index in [4.69, 9.17) is 0 Å². The molecule has 2 aliphatic rings. The van der Waals surface area contributed by atoms with Crippen LogP contribution in [0.15, 0.2) is 23.1 Å². The van der Waals surface area contributed by atoms with E-state index in [9.17, 15) is 31.5 Å². The molecule has 2 aromatic rings. The predicted octanol–water partition coefficient (Wildman–Crippen LogP) is 4.45. The summed E-state index contributed by atoms with van der Waals surface area (Å²) in [7, 11) is -4.57. The molecule has 0 spiro atoms. The van der Waals surface area contributed by atoms with Crippen LogP contribution in [-0.2, 0) is 10.0 Å². The standard InChI is InChI=1S/C23H27F4N3O4S2/c1-11(23(25,26)27)30-36(33,34)13-7-8-14-15(9-13)17(24)16(12-5-4-6-12)18-19(14)35-21(29-18)20(31)28-10-22(2,3)32/h7-9,11-12,16-17,30,32H,4-6,10H2,1-3H3,(H,28,31)/t11-,16?,17?/m0/s1. The second-order valence-corrected chi connectivity index (χ2v) is 12.7. The fraction of sp³-hybridized carbons (Fsp3) is 0.565. The summed E-state index contributed by atoms with van der Waals surface area (Å²) in [5.41, 5.74) is -0.307. The lowest BCUT2D eigenvalue weighted by Crippen LogP contribution is -2.43. The number of alkyl halides is 4. The van der Waals surface area contributed by atoms with Gasteiger partial charge in [-0.3, -0.25) is 4.79 Å². The molecule has 0 aliphatic heterocycles. The molecule has 7 nitrogen and oxygen atoms in total. The Hall–Kier alpha value is -2.09. The summed E-state index contributed by atoms with van der Waals surface area (Å²) in [6.07, 6.45) is -4.01. The normalized spacial score (nSPS) is 21.3. The Morgan fingerprint density at radius 3 is 2.50 bits per heavy atom. The molecule has 1 aromatic carbocycles. The van der Waals surface area contributed by atoms with Crippen LogP contribution in [-0.4, -0.2) is 48.8 Å². The zero-order valence-electron chi connectivity index (χ0n) is 19.8. The number of thiazole rings is 1. The Morgan fingerprint density at radius 2 is 1.94 bits per heavy atom. The fourth-order valence-corrected chi connectivity index (χ4v) is 6.67. The lowest BCUT2D eigenvalue weighted by Gasteiger charge is -2.38. The first-order chi connectivity index (χ1) is 16.6. The molecule has 1 saturated carbocycles. The number of hydrogen-bond donors (Lipinski definition) is 3. The minimum absolute atomic E-state index is 0.0188. The van der Waals surface area contributed by atoms with Gasteiger partial charge in [-0.1, -0.05) is 12.5 Å². The van der Waals surface area contributed by atoms with E-state index in [2.05, 4.69) is 10.3 Å². The molecule has 4 rings (SSSR count). The fourth-order valence-electron chi connectivity index (χ4n) is 4.32. The van der Waals surface area contributed by atoms with E-state index in [1.807, 2.05) is 0 Å². The second-order valence-electron chi connectivity index (χ2n) is 9.98. The van der Waals surface area contributed by atoms with Gasteiger partial charge in [0.2, 0.25) is 10.0 Å². The van der Waals surface area contributed by atoms with Gasteiger partial charge in [-0.25, -0.2) is 17.8 Å². The molecule has 36 heavy (non-hydrogen) atoms. The molecule has 0 radical (unpaired) electrons. The number of benzene rings is 1. The Labute approximate surface area is 210 Å². The van der Waals surface area contributed by atoms with Gasteiger partial charge in [-0.05, 0) is 62.8 Å². The largest absolute Gasteiger partial charge is 0.404 e. The van der Waals surface area contributed by atoms with Crippen LogP contribution in [0, 0.1) is 5.92 Å². The quantitative estimate of drug-likeness (QED) is 0.443. The number of hydrogen-bond acceptors (Lipinski definition) is 6. The number of carbonyl (C=O) groups is 1. The lowest BCUT2D eigenvalue weighted by molar-refractivity contribution is -0.147. The molecule has 3 atom stereocenters. The average molecular weight is 550 g/mol. The monoisotopic (exact) mass is 549 g/mol. The molecule has 13 heteroatoms. The van der Waals surface area contributed by atoms with Gasteiger partial charge in [0, 0.05) is 12.5 Å². The number of carbonyl (C=O) groups excluding carboxylic acids is 1. The lowest BCUT2D eigenvalue weighted by atomic mass is 9.68. The van der Waals surface area contributed by atoms with Gasteiger partial charge in [0.15, 0.2) is 5.01 Å². The van der Waals surface area contributed by atoms with Crippen molar-refractivity contribution in [1.29, 1.82) is 0 Å². The molecule has 3 N–H and O–H groups in total. The van der Waals surface area contributed by atoms with Crippen molar-refractivity contribution >= 4 is 27.3 Å². The highest BCUT2D eigenvalue weighted by atomic mass is 32.2. The summed E-state index contributed by atoms with van der Waals surface area (Å²) in [5, 5.41) is 12.6. The van der Waals surface area contributed by atoms with Crippen molar-refractivity contribution in [3.8, 4) is 10.4 Å². The summed E-state index contributed by atoms with van der Waals surface area (Å²) in [6, 6.07) is 1.23. The molecular formula is C23H27F4N3O4S2. The van der Waals surface area contributed by atoms with E-state index >= 15 is 4.39 Å². The van der Waals surface area contributed by atoms with Crippen molar-refractivity contribution in [3.63, 3.8) is 0 Å². The number of aliphatic hydroxyl groups is 1. The molecule has 1 amide bonds. The Kier molecular flexibility index (Phi) is 6.99. The molecule has 1 heterocycles. The van der Waals surface area contributed by atoms with Crippen LogP contribution in [0.2, 0.25) is 0 Å². The summed E-state index contributed by atoms with van der Waals surface area (Å²) >= 11 is 1.04. The maximum atomic E-state index is 16.0. The van der Waals surface area contributed by atoms with Gasteiger partial charge < -0.3 is 10.4 Å². The molecular weight excluding hydrogens is 522 g/mol. The maximum Gasteiger partial charge on any atom is 0.404 e. The number of halogens is 4. The molecule has 2 aliphatic carbocycles. The van der Waals surface area contributed by atoms with E-state index in [1.54, 1.807) is 4.72 Å². The molecule has 1 fully saturated rings. The number of nitrogens with zero attached hydrogens (tertiary/aromatic N) is 1. The minimum Gasteiger partial charge on any atom is -0.389 e. The summed E-state index contributed by atoms with van der Waals surface area (Å²) < 4.78 is 81.6. The zero-order valence-corrected chi connectivity index (χ0v) is 21.5. The van der Waals surface area contributed by atoms with Gasteiger partial charge in [0.05, 0.1) is 21.1 Å². The smallest absolute Gasteiger partial charge is 0.389 e. The Morgan fingerprint density at radius 1 is 1.28 bits per heavy atom. The second kappa shape index (κ2) is 9.34. The highest BCUT2D eigenvalue weighted by molar-refractivity contribution is 7.89.